The Morgan fingerprint density at radius 1 is 1.46 bits per heavy atom. The maximum Gasteiger partial charge on any atom is 0.348 e. The Morgan fingerprint density at radius 3 is 2.92 bits per heavy atom. The van der Waals surface area contributed by atoms with Crippen molar-refractivity contribution < 1.29 is 14.3 Å². The summed E-state index contributed by atoms with van der Waals surface area (Å²) in [6.45, 7) is 10.6. The minimum Gasteiger partial charge on any atom is -0.462 e. The van der Waals surface area contributed by atoms with Gasteiger partial charge < -0.3 is 19.7 Å². The Kier molecular flexibility index (Phi) is 5.74. The highest BCUT2D eigenvalue weighted by Crippen LogP contribution is 2.34. The number of aromatic nitrogens is 2. The molecule has 2 aromatic heterocycles. The van der Waals surface area contributed by atoms with Crippen molar-refractivity contribution in [1.82, 2.24) is 14.9 Å². The van der Waals surface area contributed by atoms with Crippen molar-refractivity contribution in [3.8, 4) is 0 Å². The summed E-state index contributed by atoms with van der Waals surface area (Å²) < 4.78 is 11.1. The molecule has 0 bridgehead atoms. The van der Waals surface area contributed by atoms with Crippen LogP contribution in [0.5, 0.6) is 0 Å². The number of fused-ring (bicyclic) bond motifs is 1. The number of morpholine rings is 1. The van der Waals surface area contributed by atoms with Crippen LogP contribution in [0.4, 0.5) is 5.82 Å². The molecule has 3 rings (SSSR count). The molecule has 0 amide bonds. The number of nitrogens with one attached hydrogen (secondary N) is 1. The van der Waals surface area contributed by atoms with Gasteiger partial charge in [0.15, 0.2) is 0 Å². The first-order valence-corrected chi connectivity index (χ1v) is 9.73. The fourth-order valence-electron chi connectivity index (χ4n) is 3.16. The fourth-order valence-corrected chi connectivity index (χ4v) is 4.28. The highest BCUT2D eigenvalue weighted by atomic mass is 32.1. The number of aryl methyl sites for hydroxylation is 2. The number of hydrogen-bond acceptors (Lipinski definition) is 8. The Bertz CT molecular complexity index is 807. The molecule has 2 unspecified atom stereocenters. The van der Waals surface area contributed by atoms with Crippen LogP contribution in [0.2, 0.25) is 0 Å². The molecule has 0 saturated carbocycles. The zero-order chi connectivity index (χ0) is 18.8. The van der Waals surface area contributed by atoms with Crippen molar-refractivity contribution in [2.75, 3.05) is 38.7 Å². The van der Waals surface area contributed by atoms with Crippen LogP contribution >= 0.6 is 11.3 Å². The minimum absolute atomic E-state index is 0.0839. The second-order valence-corrected chi connectivity index (χ2v) is 7.68. The third kappa shape index (κ3) is 3.82. The van der Waals surface area contributed by atoms with Crippen molar-refractivity contribution in [2.45, 2.75) is 39.8 Å². The summed E-state index contributed by atoms with van der Waals surface area (Å²) in [6.07, 6.45) is 0.0857. The summed E-state index contributed by atoms with van der Waals surface area (Å²) in [5.74, 6) is 1.12. The van der Waals surface area contributed by atoms with E-state index < -0.39 is 0 Å². The van der Waals surface area contributed by atoms with Crippen molar-refractivity contribution in [2.24, 2.45) is 0 Å². The summed E-state index contributed by atoms with van der Waals surface area (Å²) >= 11 is 1.36. The number of nitrogens with zero attached hydrogens (tertiary/aromatic N) is 3. The number of carbonyl (C=O) groups excluding carboxylic acids is 1. The van der Waals surface area contributed by atoms with E-state index in [1.165, 1.54) is 11.3 Å². The predicted molar refractivity (Wildman–Crippen MR) is 103 cm³/mol. The van der Waals surface area contributed by atoms with Gasteiger partial charge in [0.1, 0.15) is 21.3 Å². The molecule has 8 heteroatoms. The minimum atomic E-state index is -0.304. The van der Waals surface area contributed by atoms with Crippen LogP contribution < -0.4 is 5.32 Å². The Balaban J connectivity index is 1.93. The number of rotatable bonds is 5. The molecule has 1 fully saturated rings. The van der Waals surface area contributed by atoms with Crippen LogP contribution in [-0.2, 0) is 9.47 Å². The van der Waals surface area contributed by atoms with Crippen LogP contribution in [0.1, 0.15) is 34.9 Å². The molecule has 0 aliphatic carbocycles. The average molecular weight is 378 g/mol. The molecule has 2 atom stereocenters. The van der Waals surface area contributed by atoms with E-state index in [1.807, 2.05) is 13.8 Å². The zero-order valence-corrected chi connectivity index (χ0v) is 16.8. The van der Waals surface area contributed by atoms with Crippen LogP contribution in [0, 0.1) is 13.8 Å². The first kappa shape index (κ1) is 19.0. The van der Waals surface area contributed by atoms with E-state index in [1.54, 1.807) is 6.92 Å². The van der Waals surface area contributed by atoms with Gasteiger partial charge in [-0.1, -0.05) is 0 Å². The van der Waals surface area contributed by atoms with E-state index in [4.69, 9.17) is 9.47 Å². The third-order valence-corrected chi connectivity index (χ3v) is 5.75. The molecule has 1 aliphatic heterocycles. The lowest BCUT2D eigenvalue weighted by Crippen LogP contribution is -2.47. The number of likely N-dealkylation sites (N-methyl/N-ethyl adjacent to an activating group) is 1. The summed E-state index contributed by atoms with van der Waals surface area (Å²) in [5, 5.41) is 4.38. The average Bonchev–Trinajstić information content (AvgIpc) is 2.91. The largest absolute Gasteiger partial charge is 0.462 e. The van der Waals surface area contributed by atoms with E-state index in [-0.39, 0.29) is 18.1 Å². The second-order valence-electron chi connectivity index (χ2n) is 6.68. The number of thiophene rings is 1. The molecule has 0 spiro atoms. The van der Waals surface area contributed by atoms with Crippen LogP contribution in [0.3, 0.4) is 0 Å². The number of hydrogen-bond donors (Lipinski definition) is 1. The number of anilines is 1. The molecule has 3 heterocycles. The first-order valence-electron chi connectivity index (χ1n) is 8.92. The first-order chi connectivity index (χ1) is 12.4. The maximum absolute atomic E-state index is 12.2. The summed E-state index contributed by atoms with van der Waals surface area (Å²) in [4.78, 5) is 25.0. The maximum atomic E-state index is 12.2. The molecule has 0 radical (unpaired) electrons. The van der Waals surface area contributed by atoms with Gasteiger partial charge in [0.05, 0.1) is 30.7 Å². The van der Waals surface area contributed by atoms with Crippen LogP contribution in [-0.4, -0.2) is 66.3 Å². The van der Waals surface area contributed by atoms with Gasteiger partial charge in [-0.2, -0.15) is 0 Å². The Labute approximate surface area is 157 Å². The zero-order valence-electron chi connectivity index (χ0n) is 16.0. The predicted octanol–water partition coefficient (Wildman–Crippen LogP) is 2.62. The summed E-state index contributed by atoms with van der Waals surface area (Å²) in [6, 6.07) is 0.0839. The van der Waals surface area contributed by atoms with Crippen molar-refractivity contribution in [3.63, 3.8) is 0 Å². The number of carbonyl (C=O) groups is 1. The van der Waals surface area contributed by atoms with Crippen molar-refractivity contribution in [1.29, 1.82) is 0 Å². The van der Waals surface area contributed by atoms with Gasteiger partial charge in [-0.05, 0) is 40.3 Å². The quantitative estimate of drug-likeness (QED) is 0.802. The van der Waals surface area contributed by atoms with Gasteiger partial charge in [-0.25, -0.2) is 14.8 Å². The molecule has 1 aliphatic rings. The molecule has 1 N–H and O–H groups in total. The van der Waals surface area contributed by atoms with Gasteiger partial charge >= 0.3 is 5.97 Å². The molecule has 142 valence electrons. The number of esters is 1. The van der Waals surface area contributed by atoms with E-state index >= 15 is 0 Å². The molecule has 1 saturated heterocycles. The lowest BCUT2D eigenvalue weighted by molar-refractivity contribution is -0.0259. The molecule has 0 aromatic carbocycles. The van der Waals surface area contributed by atoms with Crippen molar-refractivity contribution in [3.05, 3.63) is 16.3 Å². The van der Waals surface area contributed by atoms with Gasteiger partial charge in [0.2, 0.25) is 0 Å². The number of ether oxygens (including phenoxy) is 2. The highest BCUT2D eigenvalue weighted by molar-refractivity contribution is 7.20. The highest BCUT2D eigenvalue weighted by Gasteiger charge is 2.26. The second kappa shape index (κ2) is 7.85. The van der Waals surface area contributed by atoms with Gasteiger partial charge in [0, 0.05) is 13.1 Å². The smallest absolute Gasteiger partial charge is 0.348 e. The van der Waals surface area contributed by atoms with E-state index in [2.05, 4.69) is 34.2 Å². The molecule has 26 heavy (non-hydrogen) atoms. The monoisotopic (exact) mass is 378 g/mol. The van der Waals surface area contributed by atoms with Crippen molar-refractivity contribution >= 4 is 33.3 Å². The van der Waals surface area contributed by atoms with Crippen LogP contribution in [0.15, 0.2) is 0 Å². The van der Waals surface area contributed by atoms with Gasteiger partial charge in [-0.3, -0.25) is 0 Å². The summed E-state index contributed by atoms with van der Waals surface area (Å²) in [5.41, 5.74) is 0.861. The molecule has 2 aromatic rings. The van der Waals surface area contributed by atoms with Crippen LogP contribution in [0.25, 0.3) is 10.2 Å². The Hall–Kier alpha value is -1.77. The molecular weight excluding hydrogens is 352 g/mol. The fraction of sp³-hybridized carbons (Fsp3) is 0.611. The molecular formula is C18H26N4O3S. The lowest BCUT2D eigenvalue weighted by atomic mass is 10.1. The standard InChI is InChI=1S/C18H26N4O3S/c1-6-24-18(23)15-10(2)14-16(20-12(4)21-17(14)26-15)19-11(3)13-9-22(5)7-8-25-13/h11,13H,6-9H2,1-5H3,(H,19,20,21). The molecule has 7 nitrogen and oxygen atoms in total. The van der Waals surface area contributed by atoms with E-state index in [0.29, 0.717) is 17.3 Å². The SMILES string of the molecule is CCOC(=O)c1sc2nc(C)nc(NC(C)C3CN(C)CCO3)c2c1C. The lowest BCUT2D eigenvalue weighted by Gasteiger charge is -2.34. The van der Waals surface area contributed by atoms with Gasteiger partial charge in [0.25, 0.3) is 0 Å². The van der Waals surface area contributed by atoms with E-state index in [9.17, 15) is 4.79 Å². The normalized spacial score (nSPS) is 19.5. The topological polar surface area (TPSA) is 76.6 Å². The van der Waals surface area contributed by atoms with E-state index in [0.717, 1.165) is 41.3 Å². The Morgan fingerprint density at radius 2 is 2.23 bits per heavy atom. The third-order valence-electron chi connectivity index (χ3n) is 4.58. The summed E-state index contributed by atoms with van der Waals surface area (Å²) in [7, 11) is 2.10. The van der Waals surface area contributed by atoms with Gasteiger partial charge in [-0.15, -0.1) is 11.3 Å².